The average Bonchev–Trinajstić information content (AvgIpc) is 3.26. The maximum atomic E-state index is 13.5. The zero-order chi connectivity index (χ0) is 24.8. The van der Waals surface area contributed by atoms with E-state index in [1.165, 1.54) is 30.3 Å². The molecule has 0 aliphatic carbocycles. The van der Waals surface area contributed by atoms with E-state index < -0.39 is 16.1 Å². The van der Waals surface area contributed by atoms with Gasteiger partial charge in [-0.25, -0.2) is 22.5 Å². The van der Waals surface area contributed by atoms with Crippen LogP contribution in [0.4, 0.5) is 4.39 Å². The molecular weight excluding hydrogens is 467 g/mol. The summed E-state index contributed by atoms with van der Waals surface area (Å²) in [4.78, 5) is 17.3. The quantitative estimate of drug-likeness (QED) is 0.345. The number of amides is 1. The minimum atomic E-state index is -3.54. The molecule has 0 radical (unpaired) electrons. The molecule has 180 valence electrons. The average molecular weight is 493 g/mol. The molecule has 0 aliphatic heterocycles. The van der Waals surface area contributed by atoms with Crippen LogP contribution in [0.2, 0.25) is 0 Å². The topological polar surface area (TPSA) is 93.1 Å². The van der Waals surface area contributed by atoms with Crippen LogP contribution in [0.25, 0.3) is 17.1 Å². The van der Waals surface area contributed by atoms with Gasteiger partial charge in [-0.2, -0.15) is 0 Å². The van der Waals surface area contributed by atoms with Crippen molar-refractivity contribution in [2.45, 2.75) is 24.4 Å². The van der Waals surface area contributed by atoms with Crippen molar-refractivity contribution in [2.24, 2.45) is 0 Å². The second-order valence-electron chi connectivity index (χ2n) is 7.90. The Morgan fingerprint density at radius 3 is 2.49 bits per heavy atom. The van der Waals surface area contributed by atoms with Crippen LogP contribution in [0.5, 0.6) is 0 Å². The van der Waals surface area contributed by atoms with Gasteiger partial charge in [0.25, 0.3) is 0 Å². The number of hydrogen-bond acceptors (Lipinski definition) is 4. The van der Waals surface area contributed by atoms with Crippen molar-refractivity contribution >= 4 is 33.0 Å². The summed E-state index contributed by atoms with van der Waals surface area (Å²) in [5.41, 5.74) is 3.20. The summed E-state index contributed by atoms with van der Waals surface area (Å²) in [7, 11) is -3.54. The molecule has 0 saturated heterocycles. The minimum absolute atomic E-state index is 0.157. The van der Waals surface area contributed by atoms with Gasteiger partial charge in [-0.1, -0.05) is 43.3 Å². The van der Waals surface area contributed by atoms with Crippen molar-refractivity contribution in [1.82, 2.24) is 19.6 Å². The number of para-hydroxylation sites is 2. The van der Waals surface area contributed by atoms with Gasteiger partial charge in [-0.15, -0.1) is 0 Å². The molecule has 0 aliphatic rings. The van der Waals surface area contributed by atoms with Crippen LogP contribution in [0.1, 0.15) is 24.1 Å². The number of carbonyl (C=O) groups is 1. The van der Waals surface area contributed by atoms with Crippen molar-refractivity contribution < 1.29 is 17.6 Å². The van der Waals surface area contributed by atoms with Crippen molar-refractivity contribution in [3.05, 3.63) is 102 Å². The number of rotatable bonds is 9. The summed E-state index contributed by atoms with van der Waals surface area (Å²) in [6.07, 6.45) is 4.70. The summed E-state index contributed by atoms with van der Waals surface area (Å²) in [5.74, 6) is -0.695. The molecule has 0 saturated carbocycles. The number of benzene rings is 3. The second-order valence-corrected chi connectivity index (χ2v) is 9.67. The van der Waals surface area contributed by atoms with E-state index in [2.05, 4.69) is 15.0 Å². The Bertz CT molecular complexity index is 1450. The highest BCUT2D eigenvalue weighted by atomic mass is 32.2. The fourth-order valence-corrected chi connectivity index (χ4v) is 4.75. The molecule has 2 N–H and O–H groups in total. The highest BCUT2D eigenvalue weighted by Crippen LogP contribution is 2.20. The maximum Gasteiger partial charge on any atom is 0.244 e. The van der Waals surface area contributed by atoms with Crippen LogP contribution in [0, 0.1) is 5.82 Å². The van der Waals surface area contributed by atoms with E-state index in [9.17, 15) is 17.6 Å². The van der Waals surface area contributed by atoms with E-state index in [4.69, 9.17) is 0 Å². The zero-order valence-corrected chi connectivity index (χ0v) is 19.9. The van der Waals surface area contributed by atoms with E-state index in [0.717, 1.165) is 16.6 Å². The number of nitrogens with one attached hydrogen (secondary N) is 2. The third kappa shape index (κ3) is 6.00. The van der Waals surface area contributed by atoms with E-state index in [-0.39, 0.29) is 16.6 Å². The second kappa shape index (κ2) is 10.6. The molecule has 7 nitrogen and oxygen atoms in total. The van der Waals surface area contributed by atoms with Crippen LogP contribution in [-0.2, 0) is 21.4 Å². The summed E-state index contributed by atoms with van der Waals surface area (Å²) in [6.45, 7) is 2.42. The molecule has 1 atom stereocenters. The summed E-state index contributed by atoms with van der Waals surface area (Å²) >= 11 is 0. The molecule has 9 heteroatoms. The lowest BCUT2D eigenvalue weighted by molar-refractivity contribution is -0.117. The van der Waals surface area contributed by atoms with Gasteiger partial charge in [0.2, 0.25) is 15.9 Å². The predicted molar refractivity (Wildman–Crippen MR) is 133 cm³/mol. The molecule has 0 spiro atoms. The Hall–Kier alpha value is -3.82. The van der Waals surface area contributed by atoms with E-state index in [0.29, 0.717) is 18.7 Å². The van der Waals surface area contributed by atoms with Gasteiger partial charge in [-0.05, 0) is 53.6 Å². The minimum Gasteiger partial charge on any atom is -0.344 e. The molecule has 0 bridgehead atoms. The lowest BCUT2D eigenvalue weighted by Gasteiger charge is -2.19. The maximum absolute atomic E-state index is 13.5. The van der Waals surface area contributed by atoms with Crippen molar-refractivity contribution in [3.8, 4) is 0 Å². The lowest BCUT2D eigenvalue weighted by Crippen LogP contribution is -2.30. The molecule has 35 heavy (non-hydrogen) atoms. The molecule has 1 aromatic heterocycles. The molecular formula is C26H25FN4O3S. The van der Waals surface area contributed by atoms with Gasteiger partial charge in [0.1, 0.15) is 5.82 Å². The van der Waals surface area contributed by atoms with Crippen LogP contribution < -0.4 is 10.0 Å². The number of aromatic nitrogens is 2. The Morgan fingerprint density at radius 1 is 1.06 bits per heavy atom. The summed E-state index contributed by atoms with van der Waals surface area (Å²) < 4.78 is 42.0. The van der Waals surface area contributed by atoms with Gasteiger partial charge in [0.15, 0.2) is 0 Å². The third-order valence-electron chi connectivity index (χ3n) is 5.45. The van der Waals surface area contributed by atoms with Crippen molar-refractivity contribution in [3.63, 3.8) is 0 Å². The molecule has 1 amide bonds. The van der Waals surface area contributed by atoms with Gasteiger partial charge >= 0.3 is 0 Å². The van der Waals surface area contributed by atoms with Crippen LogP contribution in [0.15, 0.2) is 90.1 Å². The van der Waals surface area contributed by atoms with E-state index in [1.54, 1.807) is 43.6 Å². The monoisotopic (exact) mass is 492 g/mol. The first-order valence-electron chi connectivity index (χ1n) is 11.1. The van der Waals surface area contributed by atoms with E-state index >= 15 is 0 Å². The fraction of sp³-hybridized carbons (Fsp3) is 0.154. The third-order valence-corrected chi connectivity index (χ3v) is 7.01. The Kier molecular flexibility index (Phi) is 7.38. The number of carbonyl (C=O) groups excluding carboxylic acids is 1. The summed E-state index contributed by atoms with van der Waals surface area (Å²) in [5, 5.41) is 2.98. The highest BCUT2D eigenvalue weighted by molar-refractivity contribution is 7.89. The van der Waals surface area contributed by atoms with Crippen LogP contribution >= 0.6 is 0 Å². The van der Waals surface area contributed by atoms with Gasteiger partial charge in [0, 0.05) is 19.2 Å². The molecule has 4 rings (SSSR count). The first-order chi connectivity index (χ1) is 16.9. The Morgan fingerprint density at radius 2 is 1.77 bits per heavy atom. The Labute approximate surface area is 203 Å². The molecule has 1 heterocycles. The normalized spacial score (nSPS) is 12.7. The van der Waals surface area contributed by atoms with Crippen molar-refractivity contribution in [1.29, 1.82) is 0 Å². The zero-order valence-electron chi connectivity index (χ0n) is 19.1. The summed E-state index contributed by atoms with van der Waals surface area (Å²) in [6, 6.07) is 19.5. The number of imidazole rings is 1. The lowest BCUT2D eigenvalue weighted by atomic mass is 10.1. The number of nitrogens with zero attached hydrogens (tertiary/aromatic N) is 2. The van der Waals surface area contributed by atoms with Gasteiger partial charge in [0.05, 0.1) is 28.3 Å². The largest absolute Gasteiger partial charge is 0.344 e. The number of hydrogen-bond donors (Lipinski definition) is 2. The predicted octanol–water partition coefficient (Wildman–Crippen LogP) is 4.04. The number of halogens is 1. The fourth-order valence-electron chi connectivity index (χ4n) is 3.71. The van der Waals surface area contributed by atoms with Crippen molar-refractivity contribution in [2.75, 3.05) is 6.54 Å². The number of fused-ring (bicyclic) bond motifs is 1. The van der Waals surface area contributed by atoms with Crippen LogP contribution in [-0.4, -0.2) is 30.4 Å². The molecule has 3 aromatic carbocycles. The molecule has 0 fully saturated rings. The highest BCUT2D eigenvalue weighted by Gasteiger charge is 2.16. The van der Waals surface area contributed by atoms with Gasteiger partial charge < -0.3 is 9.88 Å². The Balaban J connectivity index is 1.51. The first-order valence-corrected chi connectivity index (χ1v) is 12.6. The van der Waals surface area contributed by atoms with E-state index in [1.807, 2.05) is 28.8 Å². The smallest absolute Gasteiger partial charge is 0.244 e. The number of sulfonamides is 1. The van der Waals surface area contributed by atoms with Crippen LogP contribution in [0.3, 0.4) is 0 Å². The molecule has 1 unspecified atom stereocenters. The molecule has 4 aromatic rings. The van der Waals surface area contributed by atoms with Gasteiger partial charge in [-0.3, -0.25) is 4.79 Å². The SMILES string of the molecule is CCNS(=O)(=O)c1ccc(/C=C/C(=O)NC(Cn2cnc3ccccc32)c2ccc(F)cc2)cc1. The standard InChI is InChI=1S/C26H25FN4O3S/c1-2-29-35(33,34)22-14-7-19(8-15-22)9-16-26(32)30-24(20-10-12-21(27)13-11-20)17-31-18-28-23-5-3-4-6-25(23)31/h3-16,18,24,29H,2,17H2,1H3,(H,30,32)/b16-9+. The first kappa shape index (κ1) is 24.3.